The van der Waals surface area contributed by atoms with Gasteiger partial charge in [-0.15, -0.1) is 0 Å². The Morgan fingerprint density at radius 3 is 2.17 bits per heavy atom. The smallest absolute Gasteiger partial charge is 0.211 e. The molecule has 0 radical (unpaired) electrons. The lowest BCUT2D eigenvalue weighted by molar-refractivity contribution is 0.0720. The lowest BCUT2D eigenvalue weighted by atomic mass is 9.99. The van der Waals surface area contributed by atoms with Crippen molar-refractivity contribution in [2.24, 2.45) is 11.3 Å². The fourth-order valence-corrected chi connectivity index (χ4v) is 2.66. The van der Waals surface area contributed by atoms with E-state index in [-0.39, 0.29) is 17.2 Å². The van der Waals surface area contributed by atoms with E-state index < -0.39 is 10.0 Å². The first-order chi connectivity index (χ1) is 8.03. The summed E-state index contributed by atoms with van der Waals surface area (Å²) in [6.45, 7) is 13.3. The topological polar surface area (TPSA) is 55.4 Å². The highest BCUT2D eigenvalue weighted by molar-refractivity contribution is 7.89. The highest BCUT2D eigenvalue weighted by Gasteiger charge is 2.16. The average Bonchev–Trinajstić information content (AvgIpc) is 2.14. The van der Waals surface area contributed by atoms with Crippen LogP contribution in [0.25, 0.3) is 0 Å². The minimum atomic E-state index is -3.17. The van der Waals surface area contributed by atoms with Crippen LogP contribution in [0.2, 0.25) is 0 Å². The molecule has 0 fully saturated rings. The molecule has 1 N–H and O–H groups in total. The van der Waals surface area contributed by atoms with Crippen molar-refractivity contribution < 1.29 is 13.2 Å². The maximum Gasteiger partial charge on any atom is 0.211 e. The molecule has 0 saturated heterocycles. The van der Waals surface area contributed by atoms with Crippen molar-refractivity contribution in [2.75, 3.05) is 19.0 Å². The van der Waals surface area contributed by atoms with E-state index in [1.54, 1.807) is 0 Å². The van der Waals surface area contributed by atoms with Gasteiger partial charge in [-0.1, -0.05) is 34.6 Å². The van der Waals surface area contributed by atoms with Crippen molar-refractivity contribution >= 4 is 10.0 Å². The van der Waals surface area contributed by atoms with Crippen LogP contribution in [0, 0.1) is 11.3 Å². The van der Waals surface area contributed by atoms with Crippen molar-refractivity contribution in [3.8, 4) is 0 Å². The molecule has 18 heavy (non-hydrogen) atoms. The summed E-state index contributed by atoms with van der Waals surface area (Å²) in [7, 11) is -3.17. The van der Waals surface area contributed by atoms with Crippen LogP contribution in [0.1, 0.15) is 48.0 Å². The minimum absolute atomic E-state index is 0.0227. The first-order valence-corrected chi connectivity index (χ1v) is 8.26. The fraction of sp³-hybridized carbons (Fsp3) is 1.00. The Hall–Kier alpha value is -0.130. The van der Waals surface area contributed by atoms with Gasteiger partial charge in [0.15, 0.2) is 0 Å². The van der Waals surface area contributed by atoms with Gasteiger partial charge >= 0.3 is 0 Å². The predicted octanol–water partition coefficient (Wildman–Crippen LogP) is 2.40. The van der Waals surface area contributed by atoms with Crippen molar-refractivity contribution in [2.45, 2.75) is 54.0 Å². The molecule has 0 aromatic carbocycles. The first-order valence-electron chi connectivity index (χ1n) is 6.61. The van der Waals surface area contributed by atoms with Crippen molar-refractivity contribution in [3.05, 3.63) is 0 Å². The van der Waals surface area contributed by atoms with E-state index in [1.807, 2.05) is 20.8 Å². The summed E-state index contributed by atoms with van der Waals surface area (Å²) in [5.41, 5.74) is 0.128. The number of sulfonamides is 1. The Morgan fingerprint density at radius 1 is 1.17 bits per heavy atom. The third kappa shape index (κ3) is 9.85. The normalized spacial score (nSPS) is 15.1. The molecular formula is C13H29NO3S. The summed E-state index contributed by atoms with van der Waals surface area (Å²) in [5, 5.41) is 0. The highest BCUT2D eigenvalue weighted by atomic mass is 32.2. The van der Waals surface area contributed by atoms with E-state index in [0.717, 1.165) is 0 Å². The molecular weight excluding hydrogens is 250 g/mol. The van der Waals surface area contributed by atoms with E-state index in [4.69, 9.17) is 4.74 Å². The molecule has 0 aromatic rings. The van der Waals surface area contributed by atoms with Gasteiger partial charge < -0.3 is 4.74 Å². The second kappa shape index (κ2) is 7.46. The van der Waals surface area contributed by atoms with Crippen LogP contribution in [0.15, 0.2) is 0 Å². The Balaban J connectivity index is 3.85. The number of hydrogen-bond acceptors (Lipinski definition) is 3. The first kappa shape index (κ1) is 17.9. The Kier molecular flexibility index (Phi) is 7.40. The van der Waals surface area contributed by atoms with E-state index in [1.165, 1.54) is 0 Å². The zero-order valence-electron chi connectivity index (χ0n) is 12.6. The molecule has 0 rings (SSSR count). The fourth-order valence-electron chi connectivity index (χ4n) is 1.21. The van der Waals surface area contributed by atoms with Crippen LogP contribution in [0.5, 0.6) is 0 Å². The molecule has 110 valence electrons. The van der Waals surface area contributed by atoms with Gasteiger partial charge in [-0.25, -0.2) is 13.1 Å². The summed E-state index contributed by atoms with van der Waals surface area (Å²) in [5.74, 6) is 0.436. The van der Waals surface area contributed by atoms with Gasteiger partial charge in [0, 0.05) is 12.6 Å². The molecule has 0 bridgehead atoms. The van der Waals surface area contributed by atoms with Gasteiger partial charge in [-0.05, 0) is 24.7 Å². The van der Waals surface area contributed by atoms with E-state index in [2.05, 4.69) is 25.5 Å². The van der Waals surface area contributed by atoms with Gasteiger partial charge in [0.05, 0.1) is 12.4 Å². The zero-order chi connectivity index (χ0) is 14.4. The monoisotopic (exact) mass is 279 g/mol. The van der Waals surface area contributed by atoms with Crippen LogP contribution < -0.4 is 4.72 Å². The van der Waals surface area contributed by atoms with Gasteiger partial charge in [0.25, 0.3) is 0 Å². The SMILES string of the molecule is CC(C)C(C)NS(=O)(=O)CCCOCC(C)(C)C. The van der Waals surface area contributed by atoms with Crippen molar-refractivity contribution in [3.63, 3.8) is 0 Å². The lowest BCUT2D eigenvalue weighted by Gasteiger charge is -2.19. The highest BCUT2D eigenvalue weighted by Crippen LogP contribution is 2.12. The van der Waals surface area contributed by atoms with Gasteiger partial charge in [-0.2, -0.15) is 0 Å². The summed E-state index contributed by atoms with van der Waals surface area (Å²) in [6, 6.07) is -0.0227. The number of rotatable bonds is 8. The van der Waals surface area contributed by atoms with E-state index >= 15 is 0 Å². The van der Waals surface area contributed by atoms with Crippen molar-refractivity contribution in [1.29, 1.82) is 0 Å². The largest absolute Gasteiger partial charge is 0.381 e. The second-order valence-corrected chi connectivity index (χ2v) is 8.31. The van der Waals surface area contributed by atoms with Crippen molar-refractivity contribution in [1.82, 2.24) is 4.72 Å². The summed E-state index contributed by atoms with van der Waals surface area (Å²) in [4.78, 5) is 0. The summed E-state index contributed by atoms with van der Waals surface area (Å²) < 4.78 is 31.6. The van der Waals surface area contributed by atoms with Crippen LogP contribution in [-0.4, -0.2) is 33.4 Å². The van der Waals surface area contributed by atoms with E-state index in [0.29, 0.717) is 25.6 Å². The van der Waals surface area contributed by atoms with E-state index in [9.17, 15) is 8.42 Å². The molecule has 0 aliphatic carbocycles. The molecule has 0 amide bonds. The third-order valence-corrected chi connectivity index (χ3v) is 4.16. The van der Waals surface area contributed by atoms with Crippen LogP contribution in [0.3, 0.4) is 0 Å². The Labute approximate surface area is 113 Å². The standard InChI is InChI=1S/C13H29NO3S/c1-11(2)12(3)14-18(15,16)9-7-8-17-10-13(4,5)6/h11-12,14H,7-10H2,1-6H3. The van der Waals surface area contributed by atoms with Crippen LogP contribution in [-0.2, 0) is 14.8 Å². The Bertz CT molecular complexity index is 318. The maximum atomic E-state index is 11.7. The maximum absolute atomic E-state index is 11.7. The zero-order valence-corrected chi connectivity index (χ0v) is 13.4. The molecule has 0 aromatic heterocycles. The molecule has 1 unspecified atom stereocenters. The second-order valence-electron chi connectivity index (χ2n) is 6.44. The third-order valence-electron chi connectivity index (χ3n) is 2.60. The molecule has 0 heterocycles. The van der Waals surface area contributed by atoms with Gasteiger partial charge in [-0.3, -0.25) is 0 Å². The molecule has 0 spiro atoms. The minimum Gasteiger partial charge on any atom is -0.381 e. The molecule has 4 nitrogen and oxygen atoms in total. The summed E-state index contributed by atoms with van der Waals surface area (Å²) >= 11 is 0. The van der Waals surface area contributed by atoms with Gasteiger partial charge in [0.2, 0.25) is 10.0 Å². The molecule has 0 aliphatic heterocycles. The number of nitrogens with one attached hydrogen (secondary N) is 1. The predicted molar refractivity (Wildman–Crippen MR) is 76.1 cm³/mol. The lowest BCUT2D eigenvalue weighted by Crippen LogP contribution is -2.37. The Morgan fingerprint density at radius 2 is 1.72 bits per heavy atom. The molecule has 5 heteroatoms. The quantitative estimate of drug-likeness (QED) is 0.694. The summed E-state index contributed by atoms with van der Waals surface area (Å²) in [6.07, 6.45) is 0.538. The van der Waals surface area contributed by atoms with Crippen LogP contribution >= 0.6 is 0 Å². The molecule has 1 atom stereocenters. The van der Waals surface area contributed by atoms with Crippen LogP contribution in [0.4, 0.5) is 0 Å². The average molecular weight is 279 g/mol. The number of hydrogen-bond donors (Lipinski definition) is 1. The number of ether oxygens (including phenoxy) is 1. The van der Waals surface area contributed by atoms with Gasteiger partial charge in [0.1, 0.15) is 0 Å². The molecule has 0 saturated carbocycles. The molecule has 0 aliphatic rings.